The minimum absolute atomic E-state index is 0.300. The average molecular weight is 591 g/mol. The van der Waals surface area contributed by atoms with Crippen LogP contribution < -0.4 is 9.64 Å². The van der Waals surface area contributed by atoms with E-state index in [2.05, 4.69) is 26.9 Å². The van der Waals surface area contributed by atoms with Crippen LogP contribution in [0.2, 0.25) is 0 Å². The first-order valence-corrected chi connectivity index (χ1v) is 13.6. The van der Waals surface area contributed by atoms with Gasteiger partial charge in [0.2, 0.25) is 5.95 Å². The highest BCUT2D eigenvalue weighted by Gasteiger charge is 2.40. The summed E-state index contributed by atoms with van der Waals surface area (Å²) < 4.78 is 16.6. The number of nitrogens with zero attached hydrogens (tertiary/aromatic N) is 4. The van der Waals surface area contributed by atoms with Gasteiger partial charge in [0.15, 0.2) is 5.60 Å². The van der Waals surface area contributed by atoms with Crippen LogP contribution >= 0.6 is 0 Å². The maximum atomic E-state index is 10.3. The number of aliphatic carboxylic acids is 3. The molecule has 2 fully saturated rings. The van der Waals surface area contributed by atoms with Crippen LogP contribution in [0.5, 0.6) is 5.75 Å². The van der Waals surface area contributed by atoms with Crippen molar-refractivity contribution in [2.75, 3.05) is 51.5 Å². The lowest BCUT2D eigenvalue weighted by Gasteiger charge is -2.28. The Hall–Kier alpha value is -3.85. The monoisotopic (exact) mass is 590 g/mol. The molecule has 42 heavy (non-hydrogen) atoms. The van der Waals surface area contributed by atoms with Gasteiger partial charge in [-0.2, -0.15) is 0 Å². The molecule has 0 aliphatic carbocycles. The van der Waals surface area contributed by atoms with Crippen LogP contribution in [0.1, 0.15) is 36.9 Å². The van der Waals surface area contributed by atoms with Crippen molar-refractivity contribution < 1.29 is 49.0 Å². The molecule has 4 rings (SSSR count). The lowest BCUT2D eigenvalue weighted by molar-refractivity contribution is -0.170. The molecule has 2 aromatic rings. The van der Waals surface area contributed by atoms with Crippen molar-refractivity contribution in [3.8, 4) is 5.75 Å². The van der Waals surface area contributed by atoms with E-state index < -0.39 is 36.4 Å². The van der Waals surface area contributed by atoms with E-state index in [0.717, 1.165) is 82.8 Å². The Kier molecular flexibility index (Phi) is 12.4. The van der Waals surface area contributed by atoms with Gasteiger partial charge in [0.1, 0.15) is 5.75 Å². The van der Waals surface area contributed by atoms with Crippen LogP contribution in [0.25, 0.3) is 0 Å². The summed E-state index contributed by atoms with van der Waals surface area (Å²) in [7, 11) is 1.69. The fourth-order valence-electron chi connectivity index (χ4n) is 4.58. The summed E-state index contributed by atoms with van der Waals surface area (Å²) in [5.41, 5.74) is -0.447. The van der Waals surface area contributed by atoms with Crippen molar-refractivity contribution in [3.05, 3.63) is 47.8 Å². The smallest absolute Gasteiger partial charge is 0.336 e. The van der Waals surface area contributed by atoms with E-state index in [4.69, 9.17) is 39.6 Å². The standard InChI is InChI=1S/C22H30N4O3.C6H8O7/c1-27-20-6-4-18(5-7-20)15-25(17-21-3-2-12-29-21)16-19-8-9-23-22(24-19)26-10-13-28-14-11-26;7-3(8)1-6(13,5(11)12)2-4(9)10/h4-9,21H,2-3,10-17H2,1H3;13H,1-2H2,(H,7,8)(H,9,10)(H,11,12). The largest absolute Gasteiger partial charge is 0.497 e. The van der Waals surface area contributed by atoms with Crippen LogP contribution in [0.4, 0.5) is 5.95 Å². The second-order valence-electron chi connectivity index (χ2n) is 10.1. The van der Waals surface area contributed by atoms with Gasteiger partial charge in [-0.25, -0.2) is 14.8 Å². The third kappa shape index (κ3) is 10.5. The van der Waals surface area contributed by atoms with E-state index in [1.807, 2.05) is 24.4 Å². The maximum Gasteiger partial charge on any atom is 0.336 e. The highest BCUT2D eigenvalue weighted by atomic mass is 16.5. The number of aliphatic hydroxyl groups is 1. The molecule has 2 aliphatic heterocycles. The topological polar surface area (TPSA) is 192 Å². The second-order valence-corrected chi connectivity index (χ2v) is 10.1. The van der Waals surface area contributed by atoms with E-state index in [0.29, 0.717) is 6.10 Å². The Labute approximate surface area is 243 Å². The summed E-state index contributed by atoms with van der Waals surface area (Å²) >= 11 is 0. The van der Waals surface area contributed by atoms with Crippen LogP contribution in [-0.4, -0.2) is 111 Å². The van der Waals surface area contributed by atoms with Crippen LogP contribution in [0.15, 0.2) is 36.5 Å². The summed E-state index contributed by atoms with van der Waals surface area (Å²) in [5, 5.41) is 33.8. The fourth-order valence-corrected chi connectivity index (χ4v) is 4.58. The fraction of sp³-hybridized carbons (Fsp3) is 0.536. The molecule has 2 aliphatic rings. The van der Waals surface area contributed by atoms with Crippen molar-refractivity contribution >= 4 is 23.9 Å². The normalized spacial score (nSPS) is 16.9. The van der Waals surface area contributed by atoms with Crippen molar-refractivity contribution in [1.29, 1.82) is 0 Å². The van der Waals surface area contributed by atoms with Gasteiger partial charge in [-0.15, -0.1) is 0 Å². The molecule has 0 saturated carbocycles. The quantitative estimate of drug-likeness (QED) is 0.260. The van der Waals surface area contributed by atoms with Crippen molar-refractivity contribution in [3.63, 3.8) is 0 Å². The molecule has 1 unspecified atom stereocenters. The average Bonchev–Trinajstić information content (AvgIpc) is 3.46. The van der Waals surface area contributed by atoms with Gasteiger partial charge < -0.3 is 39.5 Å². The minimum Gasteiger partial charge on any atom is -0.497 e. The summed E-state index contributed by atoms with van der Waals surface area (Å²) in [6, 6.07) is 10.3. The van der Waals surface area contributed by atoms with Crippen molar-refractivity contribution in [2.45, 2.75) is 50.5 Å². The third-order valence-corrected chi connectivity index (χ3v) is 6.72. The van der Waals surface area contributed by atoms with Gasteiger partial charge in [-0.05, 0) is 36.6 Å². The number of morpholine rings is 1. The number of anilines is 1. The van der Waals surface area contributed by atoms with Crippen LogP contribution in [-0.2, 0) is 36.9 Å². The third-order valence-electron chi connectivity index (χ3n) is 6.72. The zero-order valence-electron chi connectivity index (χ0n) is 23.6. The van der Waals surface area contributed by atoms with Gasteiger partial charge in [0.05, 0.1) is 45.0 Å². The Morgan fingerprint density at radius 2 is 1.69 bits per heavy atom. The Bertz CT molecular complexity index is 1150. The van der Waals surface area contributed by atoms with Gasteiger partial charge >= 0.3 is 17.9 Å². The SMILES string of the molecule is COc1ccc(CN(Cc2ccnc(N3CCOCC3)n2)CC2CCCO2)cc1.O=C(O)CC(O)(CC(=O)O)C(=O)O. The first-order chi connectivity index (χ1) is 20.1. The Morgan fingerprint density at radius 1 is 1.02 bits per heavy atom. The number of methoxy groups -OCH3 is 1. The molecular formula is C28H38N4O10. The molecule has 1 aromatic carbocycles. The van der Waals surface area contributed by atoms with Crippen molar-refractivity contribution in [1.82, 2.24) is 14.9 Å². The number of carbonyl (C=O) groups is 3. The number of benzene rings is 1. The summed E-state index contributed by atoms with van der Waals surface area (Å²) in [5.74, 6) is -3.34. The number of rotatable bonds is 13. The first-order valence-electron chi connectivity index (χ1n) is 13.6. The Morgan fingerprint density at radius 3 is 2.24 bits per heavy atom. The number of carboxylic acid groups (broad SMARTS) is 3. The molecule has 0 amide bonds. The molecular weight excluding hydrogens is 552 g/mol. The second kappa shape index (κ2) is 16.0. The Balaban J connectivity index is 0.000000316. The van der Waals surface area contributed by atoms with E-state index in [9.17, 15) is 14.4 Å². The highest BCUT2D eigenvalue weighted by Crippen LogP contribution is 2.19. The molecule has 0 spiro atoms. The van der Waals surface area contributed by atoms with Gasteiger partial charge in [0, 0.05) is 45.5 Å². The number of hydrogen-bond acceptors (Lipinski definition) is 11. The number of ether oxygens (including phenoxy) is 3. The van der Waals surface area contributed by atoms with E-state index in [-0.39, 0.29) is 0 Å². The molecule has 4 N–H and O–H groups in total. The molecule has 0 bridgehead atoms. The number of aromatic nitrogens is 2. The summed E-state index contributed by atoms with van der Waals surface area (Å²) in [6.45, 7) is 6.54. The molecule has 230 valence electrons. The van der Waals surface area contributed by atoms with E-state index in [1.54, 1.807) is 7.11 Å². The highest BCUT2D eigenvalue weighted by molar-refractivity contribution is 5.88. The predicted molar refractivity (Wildman–Crippen MR) is 148 cm³/mol. The predicted octanol–water partition coefficient (Wildman–Crippen LogP) is 1.25. The van der Waals surface area contributed by atoms with E-state index >= 15 is 0 Å². The number of hydrogen-bond donors (Lipinski definition) is 4. The molecule has 14 nitrogen and oxygen atoms in total. The van der Waals surface area contributed by atoms with Gasteiger partial charge in [-0.1, -0.05) is 12.1 Å². The van der Waals surface area contributed by atoms with Gasteiger partial charge in [0.25, 0.3) is 0 Å². The molecule has 1 aromatic heterocycles. The summed E-state index contributed by atoms with van der Waals surface area (Å²) in [4.78, 5) is 44.4. The lowest BCUT2D eigenvalue weighted by Crippen LogP contribution is -2.42. The molecule has 2 saturated heterocycles. The molecule has 1 atom stereocenters. The zero-order valence-corrected chi connectivity index (χ0v) is 23.6. The van der Waals surface area contributed by atoms with E-state index in [1.165, 1.54) is 5.56 Å². The molecule has 14 heteroatoms. The number of carboxylic acids is 3. The van der Waals surface area contributed by atoms with Gasteiger partial charge in [-0.3, -0.25) is 14.5 Å². The van der Waals surface area contributed by atoms with Crippen LogP contribution in [0.3, 0.4) is 0 Å². The summed E-state index contributed by atoms with van der Waals surface area (Å²) in [6.07, 6.45) is 2.15. The van der Waals surface area contributed by atoms with Crippen molar-refractivity contribution in [2.24, 2.45) is 0 Å². The zero-order chi connectivity index (χ0) is 30.5. The molecule has 3 heterocycles. The minimum atomic E-state index is -2.74. The lowest BCUT2D eigenvalue weighted by atomic mass is 9.96. The van der Waals surface area contributed by atoms with Crippen LogP contribution in [0, 0.1) is 0 Å². The molecule has 0 radical (unpaired) electrons. The first kappa shape index (κ1) is 32.7. The maximum absolute atomic E-state index is 10.3.